The summed E-state index contributed by atoms with van der Waals surface area (Å²) in [5.74, 6) is 0. The van der Waals surface area contributed by atoms with Gasteiger partial charge < -0.3 is 0 Å². The molecule has 134 valence electrons. The van der Waals surface area contributed by atoms with Crippen LogP contribution in [0.3, 0.4) is 0 Å². The number of unbranched alkanes of at least 4 members (excludes halogenated alkanes) is 10. The maximum absolute atomic E-state index is 13.2. The third-order valence-corrected chi connectivity index (χ3v) is 3.78. The van der Waals surface area contributed by atoms with E-state index in [1.807, 2.05) is 0 Å². The van der Waals surface area contributed by atoms with E-state index in [0.29, 0.717) is 6.42 Å². The zero-order chi connectivity index (χ0) is 16.9. The Morgan fingerprint density at radius 3 is 1.41 bits per heavy atom. The first-order valence-corrected chi connectivity index (χ1v) is 8.79. The number of rotatable bonds is 15. The molecular formula is C17H32F4O. The summed E-state index contributed by atoms with van der Waals surface area (Å²) in [5, 5.41) is 0. The maximum Gasteiger partial charge on any atom is 0.360 e. The number of hydrogen-bond donors (Lipinski definition) is 0. The van der Waals surface area contributed by atoms with Crippen LogP contribution in [-0.2, 0) is 4.74 Å². The Balaban J connectivity index is 3.45. The van der Waals surface area contributed by atoms with Gasteiger partial charge in [-0.1, -0.05) is 78.1 Å². The van der Waals surface area contributed by atoms with E-state index >= 15 is 0 Å². The molecule has 0 aliphatic heterocycles. The summed E-state index contributed by atoms with van der Waals surface area (Å²) in [6, 6.07) is 0. The third-order valence-electron chi connectivity index (χ3n) is 3.78. The minimum atomic E-state index is -3.73. The number of alkyl halides is 4. The van der Waals surface area contributed by atoms with E-state index < -0.39 is 25.1 Å². The molecule has 0 aromatic heterocycles. The van der Waals surface area contributed by atoms with Crippen LogP contribution in [0, 0.1) is 0 Å². The van der Waals surface area contributed by atoms with Crippen LogP contribution >= 0.6 is 0 Å². The second kappa shape index (κ2) is 12.1. The molecule has 1 nitrogen and oxygen atoms in total. The van der Waals surface area contributed by atoms with Gasteiger partial charge in [0.1, 0.15) is 0 Å². The van der Waals surface area contributed by atoms with Crippen LogP contribution in [-0.4, -0.2) is 12.2 Å². The first-order valence-electron chi connectivity index (χ1n) is 8.79. The second-order valence-electron chi connectivity index (χ2n) is 6.02. The van der Waals surface area contributed by atoms with E-state index in [9.17, 15) is 17.6 Å². The van der Waals surface area contributed by atoms with Crippen molar-refractivity contribution in [2.24, 2.45) is 0 Å². The molecule has 0 amide bonds. The largest absolute Gasteiger partial charge is 0.360 e. The molecule has 0 aliphatic rings. The van der Waals surface area contributed by atoms with Crippen molar-refractivity contribution in [3.05, 3.63) is 0 Å². The molecule has 22 heavy (non-hydrogen) atoms. The quantitative estimate of drug-likeness (QED) is 0.226. The fourth-order valence-corrected chi connectivity index (χ4v) is 2.34. The van der Waals surface area contributed by atoms with Crippen LogP contribution in [0.25, 0.3) is 0 Å². The van der Waals surface area contributed by atoms with Gasteiger partial charge in [0.25, 0.3) is 0 Å². The lowest BCUT2D eigenvalue weighted by atomic mass is 10.1. The fourth-order valence-electron chi connectivity index (χ4n) is 2.34. The summed E-state index contributed by atoms with van der Waals surface area (Å²) in [4.78, 5) is 0. The van der Waals surface area contributed by atoms with Gasteiger partial charge in [-0.25, -0.2) is 0 Å². The molecule has 0 aliphatic carbocycles. The summed E-state index contributed by atoms with van der Waals surface area (Å²) in [6.45, 7) is 3.32. The highest BCUT2D eigenvalue weighted by Crippen LogP contribution is 2.32. The standard InChI is InChI=1S/C17H32F4O/c1-3-5-6-7-8-9-10-11-12-13-14-15-17(20,21)22-16(18,19)4-2/h3-15H2,1-2H3. The number of ether oxygens (including phenoxy) is 1. The van der Waals surface area contributed by atoms with Gasteiger partial charge >= 0.3 is 12.2 Å². The average molecular weight is 328 g/mol. The monoisotopic (exact) mass is 328 g/mol. The lowest BCUT2D eigenvalue weighted by molar-refractivity contribution is -0.377. The maximum atomic E-state index is 13.2. The highest BCUT2D eigenvalue weighted by Gasteiger charge is 2.42. The van der Waals surface area contributed by atoms with Crippen LogP contribution in [0.1, 0.15) is 97.3 Å². The van der Waals surface area contributed by atoms with E-state index in [-0.39, 0.29) is 6.42 Å². The normalized spacial score (nSPS) is 12.8. The zero-order valence-corrected chi connectivity index (χ0v) is 14.1. The highest BCUT2D eigenvalue weighted by atomic mass is 19.3. The van der Waals surface area contributed by atoms with E-state index in [1.54, 1.807) is 0 Å². The van der Waals surface area contributed by atoms with Crippen LogP contribution in [0.15, 0.2) is 0 Å². The summed E-state index contributed by atoms with van der Waals surface area (Å²) in [7, 11) is 0. The van der Waals surface area contributed by atoms with Crippen molar-refractivity contribution < 1.29 is 22.3 Å². The molecule has 0 bridgehead atoms. The van der Waals surface area contributed by atoms with Gasteiger partial charge in [0, 0.05) is 12.8 Å². The van der Waals surface area contributed by atoms with Crippen LogP contribution in [0.4, 0.5) is 17.6 Å². The SMILES string of the molecule is CCCCCCCCCCCCCC(F)(F)OC(F)(F)CC. The molecule has 5 heteroatoms. The van der Waals surface area contributed by atoms with Crippen LogP contribution in [0.2, 0.25) is 0 Å². The minimum absolute atomic E-state index is 0.225. The van der Waals surface area contributed by atoms with Crippen molar-refractivity contribution >= 4 is 0 Å². The Kier molecular flexibility index (Phi) is 12.0. The Morgan fingerprint density at radius 2 is 1.00 bits per heavy atom. The van der Waals surface area contributed by atoms with Gasteiger partial charge in [-0.05, 0) is 6.42 Å². The van der Waals surface area contributed by atoms with Crippen molar-refractivity contribution in [3.63, 3.8) is 0 Å². The van der Waals surface area contributed by atoms with Crippen LogP contribution in [0.5, 0.6) is 0 Å². The molecule has 0 rings (SSSR count). The molecule has 0 radical (unpaired) electrons. The van der Waals surface area contributed by atoms with Gasteiger partial charge in [0.2, 0.25) is 0 Å². The summed E-state index contributed by atoms with van der Waals surface area (Å²) in [6.07, 6.45) is 2.68. The van der Waals surface area contributed by atoms with Crippen molar-refractivity contribution in [3.8, 4) is 0 Å². The number of halogens is 4. The summed E-state index contributed by atoms with van der Waals surface area (Å²) >= 11 is 0. The minimum Gasteiger partial charge on any atom is -0.255 e. The Labute approximate surface area is 132 Å². The first kappa shape index (κ1) is 21.7. The topological polar surface area (TPSA) is 9.23 Å². The van der Waals surface area contributed by atoms with Gasteiger partial charge in [0.15, 0.2) is 0 Å². The molecule has 0 saturated carbocycles. The van der Waals surface area contributed by atoms with Gasteiger partial charge in [0.05, 0.1) is 0 Å². The Morgan fingerprint density at radius 1 is 0.591 bits per heavy atom. The molecule has 0 aromatic rings. The summed E-state index contributed by atoms with van der Waals surface area (Å²) < 4.78 is 55.5. The molecule has 0 unspecified atom stereocenters. The molecule has 0 spiro atoms. The second-order valence-corrected chi connectivity index (χ2v) is 6.02. The van der Waals surface area contributed by atoms with Gasteiger partial charge in [-0.3, -0.25) is 4.74 Å². The predicted octanol–water partition coefficient (Wildman–Crippen LogP) is 7.30. The Bertz CT molecular complexity index is 257. The average Bonchev–Trinajstić information content (AvgIpc) is 2.43. The molecular weight excluding hydrogens is 296 g/mol. The Hall–Kier alpha value is -0.320. The molecule has 0 fully saturated rings. The van der Waals surface area contributed by atoms with Crippen molar-refractivity contribution in [1.29, 1.82) is 0 Å². The number of hydrogen-bond acceptors (Lipinski definition) is 1. The van der Waals surface area contributed by atoms with E-state index in [0.717, 1.165) is 26.2 Å². The molecule has 0 N–H and O–H groups in total. The van der Waals surface area contributed by atoms with Crippen molar-refractivity contribution in [2.45, 2.75) is 110 Å². The predicted molar refractivity (Wildman–Crippen MR) is 82.3 cm³/mol. The van der Waals surface area contributed by atoms with Crippen LogP contribution < -0.4 is 0 Å². The lowest BCUT2D eigenvalue weighted by Crippen LogP contribution is -2.32. The van der Waals surface area contributed by atoms with Crippen molar-refractivity contribution in [2.75, 3.05) is 0 Å². The summed E-state index contributed by atoms with van der Waals surface area (Å²) in [5.41, 5.74) is 0. The highest BCUT2D eigenvalue weighted by molar-refractivity contribution is 4.59. The van der Waals surface area contributed by atoms with Gasteiger partial charge in [-0.15, -0.1) is 0 Å². The smallest absolute Gasteiger partial charge is 0.255 e. The van der Waals surface area contributed by atoms with E-state index in [2.05, 4.69) is 11.7 Å². The first-order chi connectivity index (χ1) is 10.3. The van der Waals surface area contributed by atoms with E-state index in [4.69, 9.17) is 0 Å². The zero-order valence-electron chi connectivity index (χ0n) is 14.1. The lowest BCUT2D eigenvalue weighted by Gasteiger charge is -2.22. The molecule has 0 aromatic carbocycles. The van der Waals surface area contributed by atoms with Crippen molar-refractivity contribution in [1.82, 2.24) is 0 Å². The molecule has 0 saturated heterocycles. The molecule has 0 atom stereocenters. The van der Waals surface area contributed by atoms with Gasteiger partial charge in [-0.2, -0.15) is 17.6 Å². The fraction of sp³-hybridized carbons (Fsp3) is 1.00. The molecule has 0 heterocycles. The van der Waals surface area contributed by atoms with E-state index in [1.165, 1.54) is 38.5 Å². The third kappa shape index (κ3) is 13.4.